The topological polar surface area (TPSA) is 42.0 Å². The van der Waals surface area contributed by atoms with Gasteiger partial charge in [0.1, 0.15) is 5.82 Å². The van der Waals surface area contributed by atoms with Crippen molar-refractivity contribution in [2.75, 3.05) is 11.6 Å². The first kappa shape index (κ1) is 31.1. The Hall–Kier alpha value is -1.89. The number of rotatable bonds is 6. The van der Waals surface area contributed by atoms with Crippen molar-refractivity contribution in [1.82, 2.24) is 4.98 Å². The van der Waals surface area contributed by atoms with E-state index in [0.717, 1.165) is 21.2 Å². The Labute approximate surface area is 223 Å². The highest BCUT2D eigenvalue weighted by atomic mass is 35.5. The van der Waals surface area contributed by atoms with Crippen LogP contribution in [0.4, 0.5) is 10.1 Å². The van der Waals surface area contributed by atoms with Crippen molar-refractivity contribution in [3.63, 3.8) is 0 Å². The lowest BCUT2D eigenvalue weighted by molar-refractivity contribution is 0.102. The molecule has 1 aliphatic rings. The Balaban J connectivity index is 0.000000684. The fourth-order valence-corrected chi connectivity index (χ4v) is 4.43. The van der Waals surface area contributed by atoms with Crippen molar-refractivity contribution in [2.45, 2.75) is 78.0 Å². The first-order chi connectivity index (χ1) is 17.0. The molecule has 7 heteroatoms. The predicted octanol–water partition coefficient (Wildman–Crippen LogP) is 10.3. The molecule has 3 nitrogen and oxygen atoms in total. The van der Waals surface area contributed by atoms with Gasteiger partial charge in [-0.15, -0.1) is 23.1 Å². The zero-order chi connectivity index (χ0) is 26.4. The predicted molar refractivity (Wildman–Crippen MR) is 154 cm³/mol. The largest absolute Gasteiger partial charge is 0.322 e. The number of aromatic nitrogens is 1. The van der Waals surface area contributed by atoms with Crippen LogP contribution in [0, 0.1) is 5.82 Å². The first-order valence-corrected chi connectivity index (χ1v) is 14.8. The summed E-state index contributed by atoms with van der Waals surface area (Å²) in [5.41, 5.74) is 2.19. The summed E-state index contributed by atoms with van der Waals surface area (Å²) in [5.74, 6) is -0.445. The van der Waals surface area contributed by atoms with Crippen LogP contribution >= 0.6 is 34.7 Å². The molecule has 3 aromatic rings. The highest BCUT2D eigenvalue weighted by Gasteiger charge is 2.27. The van der Waals surface area contributed by atoms with Gasteiger partial charge in [-0.2, -0.15) is 0 Å². The van der Waals surface area contributed by atoms with Gasteiger partial charge in [0.15, 0.2) is 0 Å². The van der Waals surface area contributed by atoms with Crippen LogP contribution in [-0.2, 0) is 0 Å². The third-order valence-electron chi connectivity index (χ3n) is 4.87. The van der Waals surface area contributed by atoms with Crippen molar-refractivity contribution in [1.29, 1.82) is 0 Å². The standard InChI is InChI=1S/C20H16ClFN2OS2.C4H10.2C2H6/c1-26-13-5-7-15(17(22)9-13)19(25)23-12-4-6-14(16(21)8-12)18-10-27-20(24-18)11-2-3-11;1-3-4-2;2*1-2/h4-11H,2-3H2,1H3,(H,23,25);3-4H2,1-2H3;2*1-2H3. The highest BCUT2D eigenvalue weighted by Crippen LogP contribution is 2.43. The molecule has 1 fully saturated rings. The number of anilines is 1. The molecule has 0 unspecified atom stereocenters. The summed E-state index contributed by atoms with van der Waals surface area (Å²) in [6, 6.07) is 9.81. The monoisotopic (exact) mass is 536 g/mol. The van der Waals surface area contributed by atoms with Gasteiger partial charge in [-0.25, -0.2) is 9.37 Å². The maximum atomic E-state index is 14.1. The van der Waals surface area contributed by atoms with Crippen LogP contribution in [0.15, 0.2) is 46.7 Å². The number of carbonyl (C=O) groups is 1. The van der Waals surface area contributed by atoms with Crippen LogP contribution in [0.1, 0.15) is 88.5 Å². The van der Waals surface area contributed by atoms with Gasteiger partial charge in [0.05, 0.1) is 21.3 Å². The van der Waals surface area contributed by atoms with E-state index in [9.17, 15) is 9.18 Å². The number of hydrogen-bond acceptors (Lipinski definition) is 4. The fraction of sp³-hybridized carbons (Fsp3) is 0.429. The van der Waals surface area contributed by atoms with Crippen LogP contribution in [0.5, 0.6) is 0 Å². The van der Waals surface area contributed by atoms with E-state index in [2.05, 4.69) is 24.1 Å². The molecule has 4 rings (SSSR count). The maximum absolute atomic E-state index is 14.1. The van der Waals surface area contributed by atoms with E-state index in [0.29, 0.717) is 16.6 Å². The molecule has 0 radical (unpaired) electrons. The molecule has 1 amide bonds. The van der Waals surface area contributed by atoms with Crippen molar-refractivity contribution in [3.8, 4) is 11.3 Å². The zero-order valence-electron chi connectivity index (χ0n) is 21.9. The fourth-order valence-electron chi connectivity index (χ4n) is 2.74. The summed E-state index contributed by atoms with van der Waals surface area (Å²) in [6.07, 6.45) is 6.91. The molecule has 0 aliphatic heterocycles. The summed E-state index contributed by atoms with van der Waals surface area (Å²) in [7, 11) is 0. The number of halogens is 2. The summed E-state index contributed by atoms with van der Waals surface area (Å²) in [4.78, 5) is 17.8. The molecular weight excluding hydrogens is 499 g/mol. The number of nitrogens with one attached hydrogen (secondary N) is 1. The highest BCUT2D eigenvalue weighted by molar-refractivity contribution is 7.98. The van der Waals surface area contributed by atoms with Crippen LogP contribution in [0.25, 0.3) is 11.3 Å². The van der Waals surface area contributed by atoms with Crippen LogP contribution in [0.3, 0.4) is 0 Å². The lowest BCUT2D eigenvalue weighted by atomic mass is 10.1. The number of nitrogens with zero attached hydrogens (tertiary/aromatic N) is 1. The second-order valence-electron chi connectivity index (χ2n) is 7.34. The summed E-state index contributed by atoms with van der Waals surface area (Å²) in [5, 5.41) is 6.37. The summed E-state index contributed by atoms with van der Waals surface area (Å²) in [6.45, 7) is 12.4. The molecular formula is C28H38ClFN2OS2. The quantitative estimate of drug-likeness (QED) is 0.318. The Morgan fingerprint density at radius 3 is 2.29 bits per heavy atom. The van der Waals surface area contributed by atoms with E-state index in [1.807, 2.05) is 45.4 Å². The lowest BCUT2D eigenvalue weighted by Gasteiger charge is -2.09. The second kappa shape index (κ2) is 16.7. The number of benzene rings is 2. The van der Waals surface area contributed by atoms with Crippen LogP contribution in [-0.4, -0.2) is 17.1 Å². The van der Waals surface area contributed by atoms with Crippen molar-refractivity contribution >= 4 is 46.3 Å². The molecule has 192 valence electrons. The number of carbonyl (C=O) groups excluding carboxylic acids is 1. The normalized spacial score (nSPS) is 11.7. The minimum Gasteiger partial charge on any atom is -0.322 e. The number of thioether (sulfide) groups is 1. The Kier molecular flexibility index (Phi) is 14.9. The van der Waals surface area contributed by atoms with Gasteiger partial charge in [0.2, 0.25) is 0 Å². The van der Waals surface area contributed by atoms with Gasteiger partial charge in [0.25, 0.3) is 5.91 Å². The molecule has 1 saturated carbocycles. The molecule has 0 spiro atoms. The Morgan fingerprint density at radius 2 is 1.77 bits per heavy atom. The molecule has 0 atom stereocenters. The average Bonchev–Trinajstić information content (AvgIpc) is 3.63. The number of unbranched alkanes of at least 4 members (excludes halogenated alkanes) is 1. The van der Waals surface area contributed by atoms with E-state index < -0.39 is 11.7 Å². The minimum absolute atomic E-state index is 0.00146. The van der Waals surface area contributed by atoms with Gasteiger partial charge >= 0.3 is 0 Å². The summed E-state index contributed by atoms with van der Waals surface area (Å²) >= 11 is 9.48. The van der Waals surface area contributed by atoms with Crippen molar-refractivity contribution in [3.05, 3.63) is 63.2 Å². The number of hydrogen-bond donors (Lipinski definition) is 1. The van der Waals surface area contributed by atoms with Crippen LogP contribution < -0.4 is 5.32 Å². The van der Waals surface area contributed by atoms with E-state index in [1.54, 1.807) is 29.5 Å². The molecule has 1 aliphatic carbocycles. The molecule has 0 saturated heterocycles. The maximum Gasteiger partial charge on any atom is 0.258 e. The van der Waals surface area contributed by atoms with Gasteiger partial charge in [-0.05, 0) is 55.5 Å². The second-order valence-corrected chi connectivity index (χ2v) is 9.52. The molecule has 35 heavy (non-hydrogen) atoms. The molecule has 1 heterocycles. The smallest absolute Gasteiger partial charge is 0.258 e. The zero-order valence-corrected chi connectivity index (χ0v) is 24.3. The van der Waals surface area contributed by atoms with Gasteiger partial charge in [0, 0.05) is 27.4 Å². The third-order valence-corrected chi connectivity index (χ3v) is 6.92. The van der Waals surface area contributed by atoms with Gasteiger partial charge in [-0.1, -0.05) is 66.0 Å². The molecule has 2 aromatic carbocycles. The minimum atomic E-state index is -0.544. The average molecular weight is 537 g/mol. The van der Waals surface area contributed by atoms with Crippen LogP contribution in [0.2, 0.25) is 5.02 Å². The number of thiazole rings is 1. The lowest BCUT2D eigenvalue weighted by Crippen LogP contribution is -2.13. The Morgan fingerprint density at radius 1 is 1.11 bits per heavy atom. The van der Waals surface area contributed by atoms with Gasteiger partial charge in [-0.3, -0.25) is 4.79 Å². The van der Waals surface area contributed by atoms with Crippen molar-refractivity contribution in [2.24, 2.45) is 0 Å². The Bertz CT molecular complexity index is 1050. The van der Waals surface area contributed by atoms with E-state index in [4.69, 9.17) is 11.6 Å². The van der Waals surface area contributed by atoms with Gasteiger partial charge < -0.3 is 5.32 Å². The first-order valence-electron chi connectivity index (χ1n) is 12.4. The summed E-state index contributed by atoms with van der Waals surface area (Å²) < 4.78 is 14.1. The molecule has 1 aromatic heterocycles. The third kappa shape index (κ3) is 9.59. The van der Waals surface area contributed by atoms with E-state index in [-0.39, 0.29) is 5.56 Å². The number of amides is 1. The van der Waals surface area contributed by atoms with E-state index >= 15 is 0 Å². The van der Waals surface area contributed by atoms with Crippen molar-refractivity contribution < 1.29 is 9.18 Å². The molecule has 1 N–H and O–H groups in total. The molecule has 0 bridgehead atoms. The SMILES string of the molecule is CC.CC.CCCC.CSc1ccc(C(=O)Nc2ccc(-c3csc(C4CC4)n3)c(Cl)c2)c(F)c1. The van der Waals surface area contributed by atoms with E-state index in [1.165, 1.54) is 49.6 Å².